The summed E-state index contributed by atoms with van der Waals surface area (Å²) < 4.78 is 5.56. The highest BCUT2D eigenvalue weighted by atomic mass is 16.6. The number of imide groups is 1. The highest BCUT2D eigenvalue weighted by Gasteiger charge is 2.35. The first kappa shape index (κ1) is 21.7. The number of ether oxygens (including phenoxy) is 1. The summed E-state index contributed by atoms with van der Waals surface area (Å²) in [7, 11) is 0. The van der Waals surface area contributed by atoms with Crippen molar-refractivity contribution in [1.29, 1.82) is 0 Å². The molecule has 0 fully saturated rings. The Morgan fingerprint density at radius 1 is 0.886 bits per heavy atom. The zero-order valence-electron chi connectivity index (χ0n) is 18.0. The molecule has 9 nitrogen and oxygen atoms in total. The highest BCUT2D eigenvalue weighted by Crippen LogP contribution is 2.29. The predicted molar refractivity (Wildman–Crippen MR) is 127 cm³/mol. The molecule has 0 saturated carbocycles. The number of benzene rings is 4. The van der Waals surface area contributed by atoms with Gasteiger partial charge in [0, 0.05) is 17.7 Å². The van der Waals surface area contributed by atoms with E-state index in [2.05, 4.69) is 5.10 Å². The number of nitrogens with zero attached hydrogens (tertiary/aromatic N) is 3. The number of carbonyl (C=O) groups excluding carboxylic acids is 3. The van der Waals surface area contributed by atoms with Gasteiger partial charge >= 0.3 is 5.97 Å². The molecule has 0 N–H and O–H groups in total. The third kappa shape index (κ3) is 3.91. The Balaban J connectivity index is 1.52. The van der Waals surface area contributed by atoms with Gasteiger partial charge in [-0.3, -0.25) is 19.7 Å². The van der Waals surface area contributed by atoms with Crippen LogP contribution in [0.5, 0.6) is 5.75 Å². The Bertz CT molecular complexity index is 1540. The van der Waals surface area contributed by atoms with Crippen LogP contribution in [0.15, 0.2) is 90.0 Å². The van der Waals surface area contributed by atoms with Crippen LogP contribution in [0.3, 0.4) is 0 Å². The molecule has 0 saturated heterocycles. The molecule has 2 amide bonds. The lowest BCUT2D eigenvalue weighted by molar-refractivity contribution is -0.384. The summed E-state index contributed by atoms with van der Waals surface area (Å²) in [5, 5.41) is 17.4. The average Bonchev–Trinajstić information content (AvgIpc) is 3.12. The number of non-ortho nitro benzene ring substituents is 1. The van der Waals surface area contributed by atoms with Crippen molar-refractivity contribution in [2.75, 3.05) is 0 Å². The van der Waals surface area contributed by atoms with Crippen LogP contribution < -0.4 is 4.74 Å². The van der Waals surface area contributed by atoms with Gasteiger partial charge in [0.15, 0.2) is 0 Å². The van der Waals surface area contributed by atoms with Crippen LogP contribution in [0.4, 0.5) is 5.69 Å². The first-order valence-corrected chi connectivity index (χ1v) is 10.4. The maximum atomic E-state index is 12.8. The van der Waals surface area contributed by atoms with Crippen molar-refractivity contribution in [2.24, 2.45) is 5.10 Å². The molecule has 0 atom stereocenters. The van der Waals surface area contributed by atoms with Gasteiger partial charge in [0.25, 0.3) is 17.5 Å². The van der Waals surface area contributed by atoms with Crippen molar-refractivity contribution >= 4 is 40.5 Å². The minimum Gasteiger partial charge on any atom is -0.422 e. The van der Waals surface area contributed by atoms with E-state index in [1.807, 2.05) is 12.1 Å². The summed E-state index contributed by atoms with van der Waals surface area (Å²) in [5.74, 6) is -1.81. The average molecular weight is 465 g/mol. The third-order valence-corrected chi connectivity index (χ3v) is 5.50. The number of esters is 1. The number of nitro groups is 1. The second kappa shape index (κ2) is 8.64. The molecule has 9 heteroatoms. The summed E-state index contributed by atoms with van der Waals surface area (Å²) in [6.45, 7) is 0. The van der Waals surface area contributed by atoms with E-state index in [4.69, 9.17) is 4.74 Å². The van der Waals surface area contributed by atoms with E-state index in [9.17, 15) is 24.5 Å². The number of hydrogen-bond donors (Lipinski definition) is 0. The largest absolute Gasteiger partial charge is 0.422 e. The summed E-state index contributed by atoms with van der Waals surface area (Å²) >= 11 is 0. The number of hydrazone groups is 1. The molecule has 170 valence electrons. The summed E-state index contributed by atoms with van der Waals surface area (Å²) in [4.78, 5) is 48.6. The van der Waals surface area contributed by atoms with E-state index in [-0.39, 0.29) is 28.1 Å². The Morgan fingerprint density at radius 3 is 2.29 bits per heavy atom. The molecular weight excluding hydrogens is 450 g/mol. The van der Waals surface area contributed by atoms with Gasteiger partial charge in [0.2, 0.25) is 0 Å². The van der Waals surface area contributed by atoms with Crippen LogP contribution in [0.2, 0.25) is 0 Å². The molecule has 1 heterocycles. The lowest BCUT2D eigenvalue weighted by Crippen LogP contribution is -2.24. The van der Waals surface area contributed by atoms with E-state index in [1.165, 1.54) is 24.4 Å². The van der Waals surface area contributed by atoms with E-state index in [0.29, 0.717) is 10.9 Å². The highest BCUT2D eigenvalue weighted by molar-refractivity contribution is 6.21. The standard InChI is InChI=1S/C26H15N3O6/c30-24-20-10-3-4-11-21(20)25(31)28(24)27-15-22-19-9-2-1-6-16(19)12-13-23(22)35-26(32)17-7-5-8-18(14-17)29(33)34/h1-15H/b27-15+. The lowest BCUT2D eigenvalue weighted by Gasteiger charge is -2.12. The van der Waals surface area contributed by atoms with Crippen molar-refractivity contribution < 1.29 is 24.0 Å². The van der Waals surface area contributed by atoms with Crippen LogP contribution in [-0.4, -0.2) is 33.9 Å². The molecule has 1 aliphatic heterocycles. The fourth-order valence-electron chi connectivity index (χ4n) is 3.80. The van der Waals surface area contributed by atoms with Crippen molar-refractivity contribution in [3.8, 4) is 5.75 Å². The van der Waals surface area contributed by atoms with E-state index in [1.54, 1.807) is 48.5 Å². The van der Waals surface area contributed by atoms with Crippen LogP contribution in [0, 0.1) is 10.1 Å². The summed E-state index contributed by atoms with van der Waals surface area (Å²) in [5.41, 5.74) is 0.620. The summed E-state index contributed by atoms with van der Waals surface area (Å²) in [6, 6.07) is 22.2. The molecule has 0 aromatic heterocycles. The summed E-state index contributed by atoms with van der Waals surface area (Å²) in [6.07, 6.45) is 1.29. The first-order valence-electron chi connectivity index (χ1n) is 10.4. The lowest BCUT2D eigenvalue weighted by atomic mass is 10.0. The molecule has 0 aliphatic carbocycles. The second-order valence-electron chi connectivity index (χ2n) is 7.61. The Kier molecular flexibility index (Phi) is 5.34. The number of amides is 2. The molecule has 0 radical (unpaired) electrons. The zero-order valence-corrected chi connectivity index (χ0v) is 18.0. The Labute approximate surface area is 198 Å². The molecule has 5 rings (SSSR count). The molecular formula is C26H15N3O6. The maximum absolute atomic E-state index is 12.8. The van der Waals surface area contributed by atoms with Gasteiger partial charge in [0.1, 0.15) is 5.75 Å². The molecule has 4 aromatic rings. The molecule has 35 heavy (non-hydrogen) atoms. The minimum atomic E-state index is -0.806. The van der Waals surface area contributed by atoms with Gasteiger partial charge in [0.05, 0.1) is 27.8 Å². The first-order chi connectivity index (χ1) is 16.9. The van der Waals surface area contributed by atoms with Gasteiger partial charge < -0.3 is 4.74 Å². The zero-order chi connectivity index (χ0) is 24.5. The second-order valence-corrected chi connectivity index (χ2v) is 7.61. The van der Waals surface area contributed by atoms with E-state index in [0.717, 1.165) is 16.5 Å². The van der Waals surface area contributed by atoms with Crippen molar-refractivity contribution in [1.82, 2.24) is 5.01 Å². The Hall–Kier alpha value is -5.18. The van der Waals surface area contributed by atoms with Crippen LogP contribution in [0.25, 0.3) is 10.8 Å². The van der Waals surface area contributed by atoms with Gasteiger partial charge in [-0.25, -0.2) is 4.79 Å². The Morgan fingerprint density at radius 2 is 1.57 bits per heavy atom. The van der Waals surface area contributed by atoms with Crippen molar-refractivity contribution in [2.45, 2.75) is 0 Å². The van der Waals surface area contributed by atoms with Crippen LogP contribution in [0.1, 0.15) is 36.6 Å². The number of nitro benzene ring substituents is 1. The number of rotatable bonds is 5. The van der Waals surface area contributed by atoms with E-state index >= 15 is 0 Å². The van der Waals surface area contributed by atoms with E-state index < -0.39 is 22.7 Å². The third-order valence-electron chi connectivity index (χ3n) is 5.50. The smallest absolute Gasteiger partial charge is 0.343 e. The van der Waals surface area contributed by atoms with Crippen LogP contribution >= 0.6 is 0 Å². The van der Waals surface area contributed by atoms with Crippen LogP contribution in [-0.2, 0) is 0 Å². The SMILES string of the molecule is O=C(Oc1ccc2ccccc2c1/C=N/N1C(=O)c2ccccc2C1=O)c1cccc([N+](=O)[O-])c1. The molecule has 0 bridgehead atoms. The monoisotopic (exact) mass is 465 g/mol. The maximum Gasteiger partial charge on any atom is 0.343 e. The molecule has 0 unspecified atom stereocenters. The van der Waals surface area contributed by atoms with Crippen molar-refractivity contribution in [3.05, 3.63) is 117 Å². The molecule has 1 aliphatic rings. The van der Waals surface area contributed by atoms with Crippen molar-refractivity contribution in [3.63, 3.8) is 0 Å². The quantitative estimate of drug-likeness (QED) is 0.106. The minimum absolute atomic E-state index is 0.00408. The topological polar surface area (TPSA) is 119 Å². The van der Waals surface area contributed by atoms with Gasteiger partial charge in [-0.1, -0.05) is 48.5 Å². The van der Waals surface area contributed by atoms with Gasteiger partial charge in [-0.2, -0.15) is 10.1 Å². The molecule has 0 spiro atoms. The fraction of sp³-hybridized carbons (Fsp3) is 0. The number of hydrogen-bond acceptors (Lipinski definition) is 7. The predicted octanol–water partition coefficient (Wildman–Crippen LogP) is 4.60. The van der Waals surface area contributed by atoms with Gasteiger partial charge in [-0.05, 0) is 35.0 Å². The number of carbonyl (C=O) groups is 3. The van der Waals surface area contributed by atoms with Gasteiger partial charge in [-0.15, -0.1) is 0 Å². The normalized spacial score (nSPS) is 12.9. The fourth-order valence-corrected chi connectivity index (χ4v) is 3.80. The molecule has 4 aromatic carbocycles. The number of fused-ring (bicyclic) bond motifs is 2.